The maximum atomic E-state index is 4.68. The fourth-order valence-corrected chi connectivity index (χ4v) is 0.575. The molecule has 1 radical (unpaired) electrons. The van der Waals surface area contributed by atoms with E-state index in [0.717, 1.165) is 12.2 Å². The van der Waals surface area contributed by atoms with Gasteiger partial charge in [0.05, 0.1) is 0 Å². The van der Waals surface area contributed by atoms with Gasteiger partial charge < -0.3 is 0 Å². The molecule has 5 heteroatoms. The Labute approximate surface area is 52.1 Å². The summed E-state index contributed by atoms with van der Waals surface area (Å²) >= 11 is 4.68. The second-order valence-corrected chi connectivity index (χ2v) is 1.71. The molecule has 43 valence electrons. The summed E-state index contributed by atoms with van der Waals surface area (Å²) in [4.78, 5) is 0. The molecule has 0 aliphatic carbocycles. The van der Waals surface area contributed by atoms with Crippen LogP contribution in [-0.4, -0.2) is 26.4 Å². The first-order valence-electron chi connectivity index (χ1n) is 2.24. The lowest BCUT2D eigenvalue weighted by Gasteiger charge is -1.81. The summed E-state index contributed by atoms with van der Waals surface area (Å²) in [6.45, 7) is 0. The Balaban J connectivity index is 2.50. The van der Waals surface area contributed by atoms with Crippen LogP contribution in [0.1, 0.15) is 5.82 Å². The first-order chi connectivity index (χ1) is 3.93. The lowest BCUT2D eigenvalue weighted by molar-refractivity contribution is 0.881. The van der Waals surface area contributed by atoms with E-state index < -0.39 is 0 Å². The van der Waals surface area contributed by atoms with Gasteiger partial charge >= 0.3 is 0 Å². The Hall–Kier alpha value is -0.580. The van der Waals surface area contributed by atoms with Crippen molar-refractivity contribution in [3.05, 3.63) is 5.82 Å². The van der Waals surface area contributed by atoms with Crippen LogP contribution in [0.25, 0.3) is 0 Å². The highest BCUT2D eigenvalue weighted by Crippen LogP contribution is 1.85. The van der Waals surface area contributed by atoms with E-state index in [1.165, 1.54) is 0 Å². The van der Waals surface area contributed by atoms with E-state index in [1.54, 1.807) is 0 Å². The molecule has 4 nitrogen and oxygen atoms in total. The van der Waals surface area contributed by atoms with Gasteiger partial charge in [0, 0.05) is 12.2 Å². The summed E-state index contributed by atoms with van der Waals surface area (Å²) in [6.07, 6.45) is 0.752. The first kappa shape index (κ1) is 5.55. The number of rotatable bonds is 2. The predicted molar refractivity (Wildman–Crippen MR) is 30.3 cm³/mol. The van der Waals surface area contributed by atoms with Crippen molar-refractivity contribution in [2.45, 2.75) is 6.42 Å². The van der Waals surface area contributed by atoms with E-state index in [2.05, 4.69) is 33.3 Å². The fourth-order valence-electron chi connectivity index (χ4n) is 0.381. The number of nitrogens with zero attached hydrogens (tertiary/aromatic N) is 3. The summed E-state index contributed by atoms with van der Waals surface area (Å²) in [5.41, 5.74) is 0. The van der Waals surface area contributed by atoms with Gasteiger partial charge in [-0.3, -0.25) is 0 Å². The first-order valence-corrected chi connectivity index (χ1v) is 2.82. The number of H-pyrrole nitrogens is 1. The quantitative estimate of drug-likeness (QED) is 0.608. The van der Waals surface area contributed by atoms with Crippen molar-refractivity contribution < 1.29 is 0 Å². The van der Waals surface area contributed by atoms with Crippen LogP contribution in [-0.2, 0) is 6.42 Å². The molecular weight excluding hydrogens is 124 g/mol. The molecule has 0 fully saturated rings. The van der Waals surface area contributed by atoms with Crippen molar-refractivity contribution in [3.63, 3.8) is 0 Å². The smallest absolute Gasteiger partial charge is 0.149 e. The van der Waals surface area contributed by atoms with E-state index in [1.807, 2.05) is 0 Å². The molecule has 0 saturated heterocycles. The Bertz CT molecular complexity index is 137. The number of aromatic amines is 1. The summed E-state index contributed by atoms with van der Waals surface area (Å²) in [6, 6.07) is 0. The molecular formula is C3H5N4S. The van der Waals surface area contributed by atoms with Gasteiger partial charge in [-0.05, 0) is 10.4 Å². The maximum absolute atomic E-state index is 4.68. The van der Waals surface area contributed by atoms with Crippen molar-refractivity contribution in [2.24, 2.45) is 0 Å². The second-order valence-electron chi connectivity index (χ2n) is 1.30. The van der Waals surface area contributed by atoms with E-state index in [9.17, 15) is 0 Å². The van der Waals surface area contributed by atoms with Gasteiger partial charge in [-0.1, -0.05) is 12.6 Å². The molecule has 0 atom stereocenters. The fraction of sp³-hybridized carbons (Fsp3) is 0.667. The molecule has 1 aromatic heterocycles. The molecule has 0 spiro atoms. The van der Waals surface area contributed by atoms with Crippen LogP contribution < -0.4 is 0 Å². The van der Waals surface area contributed by atoms with E-state index in [-0.39, 0.29) is 0 Å². The van der Waals surface area contributed by atoms with Gasteiger partial charge in [0.15, 0.2) is 0 Å². The van der Waals surface area contributed by atoms with Crippen LogP contribution >= 0.6 is 12.6 Å². The van der Waals surface area contributed by atoms with Gasteiger partial charge in [-0.25, -0.2) is 5.10 Å². The maximum Gasteiger partial charge on any atom is 0.149 e. The molecule has 1 rings (SSSR count). The van der Waals surface area contributed by atoms with Crippen LogP contribution in [0.4, 0.5) is 0 Å². The lowest BCUT2D eigenvalue weighted by Crippen LogP contribution is -1.87. The van der Waals surface area contributed by atoms with Crippen LogP contribution in [0.15, 0.2) is 0 Å². The average molecular weight is 129 g/mol. The molecule has 0 saturated carbocycles. The van der Waals surface area contributed by atoms with Crippen molar-refractivity contribution in [1.82, 2.24) is 20.6 Å². The minimum atomic E-state index is 0.664. The highest BCUT2D eigenvalue weighted by atomic mass is 32.1. The van der Waals surface area contributed by atoms with Crippen molar-refractivity contribution in [1.29, 1.82) is 0 Å². The topological polar surface area (TPSA) is 54.5 Å². The number of tetrazole rings is 1. The number of nitrogens with one attached hydrogen (secondary N) is 1. The van der Waals surface area contributed by atoms with Crippen LogP contribution in [0.5, 0.6) is 0 Å². The second kappa shape index (κ2) is 2.66. The molecule has 0 unspecified atom stereocenters. The van der Waals surface area contributed by atoms with Gasteiger partial charge in [0.25, 0.3) is 0 Å². The Morgan fingerprint density at radius 1 is 1.62 bits per heavy atom. The largest absolute Gasteiger partial charge is 0.243 e. The van der Waals surface area contributed by atoms with Crippen molar-refractivity contribution in [3.8, 4) is 0 Å². The summed E-state index contributed by atoms with van der Waals surface area (Å²) in [5.74, 6) is 1.43. The van der Waals surface area contributed by atoms with E-state index in [4.69, 9.17) is 0 Å². The Morgan fingerprint density at radius 2 is 2.50 bits per heavy atom. The van der Waals surface area contributed by atoms with E-state index in [0.29, 0.717) is 5.75 Å². The van der Waals surface area contributed by atoms with Crippen LogP contribution in [0.3, 0.4) is 0 Å². The number of aromatic nitrogens is 4. The zero-order chi connectivity index (χ0) is 5.82. The third-order valence-electron chi connectivity index (χ3n) is 0.728. The molecule has 8 heavy (non-hydrogen) atoms. The molecule has 0 aliphatic heterocycles. The molecule has 0 bridgehead atoms. The third kappa shape index (κ3) is 1.19. The van der Waals surface area contributed by atoms with Crippen LogP contribution in [0, 0.1) is 0 Å². The third-order valence-corrected chi connectivity index (χ3v) is 0.932. The summed E-state index contributed by atoms with van der Waals surface area (Å²) in [7, 11) is 0. The van der Waals surface area contributed by atoms with E-state index >= 15 is 0 Å². The molecule has 1 heterocycles. The Morgan fingerprint density at radius 3 is 3.00 bits per heavy atom. The van der Waals surface area contributed by atoms with Crippen molar-refractivity contribution in [2.75, 3.05) is 5.75 Å². The van der Waals surface area contributed by atoms with Gasteiger partial charge in [-0.15, -0.1) is 5.10 Å². The zero-order valence-electron chi connectivity index (χ0n) is 4.16. The number of hydrogen-bond acceptors (Lipinski definition) is 3. The Kier molecular flexibility index (Phi) is 1.85. The normalized spacial score (nSPS) is 9.62. The summed E-state index contributed by atoms with van der Waals surface area (Å²) in [5, 5.41) is 13.0. The highest BCUT2D eigenvalue weighted by Gasteiger charge is 1.91. The number of aryl methyl sites for hydroxylation is 1. The lowest BCUT2D eigenvalue weighted by atomic mass is 10.5. The standard InChI is InChI=1S/C3H5N4S/c8-2-1-3-4-6-7-5-3/h1-2H2,(H,4,5,6,7). The summed E-state index contributed by atoms with van der Waals surface area (Å²) < 4.78 is 0. The SMILES string of the molecule is [S]CCc1nnn[nH]1. The minimum absolute atomic E-state index is 0.664. The minimum Gasteiger partial charge on any atom is -0.243 e. The molecule has 1 aromatic rings. The van der Waals surface area contributed by atoms with Gasteiger partial charge in [0.1, 0.15) is 5.82 Å². The van der Waals surface area contributed by atoms with Crippen molar-refractivity contribution >= 4 is 12.6 Å². The van der Waals surface area contributed by atoms with Gasteiger partial charge in [0.2, 0.25) is 0 Å². The molecule has 0 amide bonds. The predicted octanol–water partition coefficient (Wildman–Crippen LogP) is -0.0603. The number of hydrogen-bond donors (Lipinski definition) is 1. The molecule has 0 aromatic carbocycles. The average Bonchev–Trinajstić information content (AvgIpc) is 2.19. The monoisotopic (exact) mass is 129 g/mol. The highest BCUT2D eigenvalue weighted by molar-refractivity contribution is 7.80. The zero-order valence-corrected chi connectivity index (χ0v) is 4.98. The molecule has 1 N–H and O–H groups in total. The van der Waals surface area contributed by atoms with Crippen LogP contribution in [0.2, 0.25) is 0 Å². The molecule has 0 aliphatic rings. The van der Waals surface area contributed by atoms with Gasteiger partial charge in [-0.2, -0.15) is 0 Å².